The number of aromatic nitrogens is 4. The van der Waals surface area contributed by atoms with Crippen LogP contribution in [-0.4, -0.2) is 30.2 Å². The van der Waals surface area contributed by atoms with Crippen molar-refractivity contribution in [3.05, 3.63) is 105 Å². The number of aryl methyl sites for hydroxylation is 2. The number of carboxylic acid groups (broad SMARTS) is 1. The summed E-state index contributed by atoms with van der Waals surface area (Å²) in [7, 11) is 0. The van der Waals surface area contributed by atoms with Gasteiger partial charge in [-0.25, -0.2) is 19.1 Å². The van der Waals surface area contributed by atoms with Crippen LogP contribution in [0.1, 0.15) is 30.5 Å². The molecule has 2 aromatic heterocycles. The number of benzene rings is 2. The fourth-order valence-corrected chi connectivity index (χ4v) is 3.69. The highest BCUT2D eigenvalue weighted by atomic mass is 16.5. The molecule has 0 aliphatic carbocycles. The van der Waals surface area contributed by atoms with Crippen LogP contribution in [0.15, 0.2) is 76.4 Å². The van der Waals surface area contributed by atoms with E-state index in [-0.39, 0.29) is 19.0 Å². The van der Waals surface area contributed by atoms with E-state index in [1.165, 1.54) is 11.5 Å². The fourth-order valence-electron chi connectivity index (χ4n) is 3.69. The molecule has 0 unspecified atom stereocenters. The molecule has 0 amide bonds. The lowest BCUT2D eigenvalue weighted by molar-refractivity contribution is -0.141. The van der Waals surface area contributed by atoms with Crippen LogP contribution in [0.3, 0.4) is 0 Å². The Hall–Kier alpha value is -4.73. The van der Waals surface area contributed by atoms with Crippen molar-refractivity contribution < 1.29 is 14.6 Å². The number of aliphatic carboxylic acids is 1. The molecule has 4 rings (SSSR count). The summed E-state index contributed by atoms with van der Waals surface area (Å²) in [5, 5.41) is 12.3. The number of ether oxygens (including phenoxy) is 1. The standard InChI is InChI=1S/C28H29N5O5/c1-4-20-9-14-24(29-15-20)38-23-12-10-22(11-13-23)30-26-31-27(36)33(16-19(3)25(34)35)28(37)32(26)17-21-7-5-18(2)6-8-21/h5-15,19H,4,16-17H2,1-3H3,(H,34,35)(H,30,31,36)/t19-/m0/s1. The molecule has 0 spiro atoms. The van der Waals surface area contributed by atoms with Gasteiger partial charge in [0.1, 0.15) is 5.75 Å². The van der Waals surface area contributed by atoms with Crippen LogP contribution in [0.25, 0.3) is 0 Å². The summed E-state index contributed by atoms with van der Waals surface area (Å²) in [5.74, 6) is -0.965. The van der Waals surface area contributed by atoms with Gasteiger partial charge in [0.2, 0.25) is 11.8 Å². The van der Waals surface area contributed by atoms with Crippen LogP contribution >= 0.6 is 0 Å². The number of anilines is 2. The Bertz CT molecular complexity index is 1520. The van der Waals surface area contributed by atoms with Crippen molar-refractivity contribution in [1.29, 1.82) is 0 Å². The van der Waals surface area contributed by atoms with Gasteiger partial charge in [-0.2, -0.15) is 4.98 Å². The van der Waals surface area contributed by atoms with E-state index in [2.05, 4.69) is 22.2 Å². The predicted octanol–water partition coefficient (Wildman–Crippen LogP) is 3.98. The highest BCUT2D eigenvalue weighted by Crippen LogP contribution is 2.23. The van der Waals surface area contributed by atoms with E-state index in [0.717, 1.165) is 27.7 Å². The zero-order chi connectivity index (χ0) is 27.2. The molecule has 196 valence electrons. The zero-order valence-corrected chi connectivity index (χ0v) is 21.4. The third-order valence-electron chi connectivity index (χ3n) is 6.03. The van der Waals surface area contributed by atoms with Crippen molar-refractivity contribution >= 4 is 17.6 Å². The molecular weight excluding hydrogens is 486 g/mol. The largest absolute Gasteiger partial charge is 0.481 e. The second-order valence-corrected chi connectivity index (χ2v) is 9.03. The smallest absolute Gasteiger partial charge is 0.354 e. The minimum Gasteiger partial charge on any atom is -0.481 e. The van der Waals surface area contributed by atoms with Gasteiger partial charge >= 0.3 is 17.3 Å². The molecule has 2 aromatic carbocycles. The lowest BCUT2D eigenvalue weighted by Gasteiger charge is -2.17. The maximum absolute atomic E-state index is 13.4. The Balaban J connectivity index is 1.63. The summed E-state index contributed by atoms with van der Waals surface area (Å²) >= 11 is 0. The van der Waals surface area contributed by atoms with Crippen molar-refractivity contribution in [1.82, 2.24) is 19.1 Å². The van der Waals surface area contributed by atoms with Crippen molar-refractivity contribution in [3.63, 3.8) is 0 Å². The average Bonchev–Trinajstić information content (AvgIpc) is 2.91. The van der Waals surface area contributed by atoms with Crippen molar-refractivity contribution in [2.24, 2.45) is 5.92 Å². The number of hydrogen-bond donors (Lipinski definition) is 2. The van der Waals surface area contributed by atoms with Crippen LogP contribution in [0.4, 0.5) is 11.6 Å². The Morgan fingerprint density at radius 1 is 1.00 bits per heavy atom. The molecule has 0 saturated carbocycles. The molecule has 0 fully saturated rings. The third kappa shape index (κ3) is 6.33. The molecule has 10 nitrogen and oxygen atoms in total. The maximum atomic E-state index is 13.4. The van der Waals surface area contributed by atoms with E-state index in [4.69, 9.17) is 4.74 Å². The Morgan fingerprint density at radius 3 is 2.29 bits per heavy atom. The van der Waals surface area contributed by atoms with Crippen LogP contribution in [0, 0.1) is 12.8 Å². The third-order valence-corrected chi connectivity index (χ3v) is 6.03. The predicted molar refractivity (Wildman–Crippen MR) is 143 cm³/mol. The first-order valence-corrected chi connectivity index (χ1v) is 12.2. The monoisotopic (exact) mass is 515 g/mol. The van der Waals surface area contributed by atoms with Gasteiger partial charge in [-0.05, 0) is 48.7 Å². The highest BCUT2D eigenvalue weighted by molar-refractivity contribution is 5.69. The van der Waals surface area contributed by atoms with Gasteiger partial charge < -0.3 is 15.2 Å². The number of nitrogens with zero attached hydrogens (tertiary/aromatic N) is 4. The molecular formula is C28H29N5O5. The molecule has 10 heteroatoms. The Kier molecular flexibility index (Phi) is 8.00. The summed E-state index contributed by atoms with van der Waals surface area (Å²) in [6, 6.07) is 18.3. The molecule has 0 saturated heterocycles. The molecule has 4 aromatic rings. The van der Waals surface area contributed by atoms with E-state index in [9.17, 15) is 19.5 Å². The summed E-state index contributed by atoms with van der Waals surface area (Å²) in [6.45, 7) is 5.30. The van der Waals surface area contributed by atoms with Gasteiger partial charge in [0.15, 0.2) is 0 Å². The molecule has 0 aliphatic rings. The van der Waals surface area contributed by atoms with Crippen molar-refractivity contribution in [2.75, 3.05) is 5.32 Å². The van der Waals surface area contributed by atoms with Gasteiger partial charge in [-0.3, -0.25) is 9.36 Å². The summed E-state index contributed by atoms with van der Waals surface area (Å²) in [4.78, 5) is 45.8. The number of nitrogens with one attached hydrogen (secondary N) is 1. The van der Waals surface area contributed by atoms with Gasteiger partial charge in [0.05, 0.1) is 12.5 Å². The van der Waals surface area contributed by atoms with Gasteiger partial charge in [-0.15, -0.1) is 0 Å². The van der Waals surface area contributed by atoms with E-state index >= 15 is 0 Å². The first kappa shape index (κ1) is 26.3. The van der Waals surface area contributed by atoms with Crippen molar-refractivity contribution in [3.8, 4) is 11.6 Å². The normalized spacial score (nSPS) is 11.7. The first-order chi connectivity index (χ1) is 18.2. The number of pyridine rings is 1. The SMILES string of the molecule is CCc1ccc(Oc2ccc(Nc3nc(=O)n(C[C@H](C)C(=O)O)c(=O)n3Cc3ccc(C)cc3)cc2)nc1. The minimum absolute atomic E-state index is 0.0466. The van der Waals surface area contributed by atoms with Crippen molar-refractivity contribution in [2.45, 2.75) is 40.3 Å². The number of carbonyl (C=O) groups is 1. The van der Waals surface area contributed by atoms with E-state index in [1.54, 1.807) is 36.5 Å². The molecule has 0 aliphatic heterocycles. The van der Waals surface area contributed by atoms with E-state index < -0.39 is 23.3 Å². The number of hydrogen-bond acceptors (Lipinski definition) is 7. The van der Waals surface area contributed by atoms with Crippen LogP contribution in [-0.2, 0) is 24.3 Å². The van der Waals surface area contributed by atoms with E-state index in [1.807, 2.05) is 37.3 Å². The number of carboxylic acids is 1. The first-order valence-electron chi connectivity index (χ1n) is 12.2. The minimum atomic E-state index is -1.11. The highest BCUT2D eigenvalue weighted by Gasteiger charge is 2.19. The second kappa shape index (κ2) is 11.5. The molecule has 2 heterocycles. The quantitative estimate of drug-likeness (QED) is 0.325. The topological polar surface area (TPSA) is 128 Å². The van der Waals surface area contributed by atoms with Crippen LogP contribution < -0.4 is 21.4 Å². The van der Waals surface area contributed by atoms with Gasteiger partial charge in [-0.1, -0.05) is 49.7 Å². The number of rotatable bonds is 10. The Morgan fingerprint density at radius 2 is 1.68 bits per heavy atom. The second-order valence-electron chi connectivity index (χ2n) is 9.03. The van der Waals surface area contributed by atoms with Crippen LogP contribution in [0.2, 0.25) is 0 Å². The molecule has 38 heavy (non-hydrogen) atoms. The zero-order valence-electron chi connectivity index (χ0n) is 21.4. The summed E-state index contributed by atoms with van der Waals surface area (Å²) in [5.41, 5.74) is 2.10. The summed E-state index contributed by atoms with van der Waals surface area (Å²) < 4.78 is 7.97. The van der Waals surface area contributed by atoms with E-state index in [0.29, 0.717) is 17.3 Å². The maximum Gasteiger partial charge on any atom is 0.354 e. The van der Waals surface area contributed by atoms with Gasteiger partial charge in [0.25, 0.3) is 0 Å². The van der Waals surface area contributed by atoms with Crippen LogP contribution in [0.5, 0.6) is 11.6 Å². The molecule has 0 radical (unpaired) electrons. The lowest BCUT2D eigenvalue weighted by Crippen LogP contribution is -2.44. The molecule has 0 bridgehead atoms. The van der Waals surface area contributed by atoms with Gasteiger partial charge in [0, 0.05) is 24.5 Å². The average molecular weight is 516 g/mol. The lowest BCUT2D eigenvalue weighted by atomic mass is 10.1. The fraction of sp³-hybridized carbons (Fsp3) is 0.250. The Labute approximate surface area is 219 Å². The molecule has 2 N–H and O–H groups in total. The molecule has 1 atom stereocenters. The summed E-state index contributed by atoms with van der Waals surface area (Å²) in [6.07, 6.45) is 2.66.